The summed E-state index contributed by atoms with van der Waals surface area (Å²) in [7, 11) is 0. The molecule has 4 heteroatoms. The molecule has 2 aromatic carbocycles. The molecular weight excluding hydrogens is 350 g/mol. The Morgan fingerprint density at radius 3 is 2.61 bits per heavy atom. The maximum Gasteiger partial charge on any atom is 0.198 e. The normalized spacial score (nSPS) is 24.0. The second-order valence-electron chi connectivity index (χ2n) is 8.18. The van der Waals surface area contributed by atoms with Crippen LogP contribution in [0, 0.1) is 11.8 Å². The molecule has 0 radical (unpaired) electrons. The zero-order valence-electron chi connectivity index (χ0n) is 15.9. The third-order valence-electron chi connectivity index (χ3n) is 6.54. The van der Waals surface area contributed by atoms with E-state index in [2.05, 4.69) is 4.90 Å². The fraction of sp³-hybridized carbons (Fsp3) is 0.375. The second kappa shape index (κ2) is 7.19. The fourth-order valence-electron chi connectivity index (χ4n) is 4.99. The number of Topliss-reactive ketones (excluding diaryl/α,β-unsaturated/α-hetero) is 1. The molecule has 2 bridgehead atoms. The summed E-state index contributed by atoms with van der Waals surface area (Å²) in [5, 5.41) is 10.6. The average molecular weight is 375 g/mol. The Morgan fingerprint density at radius 1 is 1.07 bits per heavy atom. The molecule has 1 N–H and O–H groups in total. The maximum absolute atomic E-state index is 13.0. The Morgan fingerprint density at radius 2 is 1.86 bits per heavy atom. The standard InChI is InChI=1S/C24H25NO3/c26-15-18-4-1-2-6-20(18)21-7-3-5-17-13-23(28-24(17)21)22(27)12-19-14-25-10-8-16(19)9-11-25/h1-7,13,16,19,26H,8-12,14-15H2/t19-/m1/s1. The van der Waals surface area contributed by atoms with Gasteiger partial charge >= 0.3 is 0 Å². The third-order valence-corrected chi connectivity index (χ3v) is 6.54. The minimum absolute atomic E-state index is 0.0291. The van der Waals surface area contributed by atoms with Crippen LogP contribution in [-0.4, -0.2) is 35.4 Å². The number of furan rings is 1. The fourth-order valence-corrected chi connectivity index (χ4v) is 4.99. The lowest BCUT2D eigenvalue weighted by Gasteiger charge is -2.44. The molecule has 1 aromatic heterocycles. The molecule has 0 saturated carbocycles. The number of piperidine rings is 3. The lowest BCUT2D eigenvalue weighted by molar-refractivity contribution is 0.0433. The molecule has 28 heavy (non-hydrogen) atoms. The molecule has 3 saturated heterocycles. The van der Waals surface area contributed by atoms with Gasteiger partial charge in [0.25, 0.3) is 0 Å². The molecule has 0 aliphatic carbocycles. The molecule has 4 heterocycles. The molecule has 3 aromatic rings. The summed E-state index contributed by atoms with van der Waals surface area (Å²) in [6, 6.07) is 15.6. The molecule has 0 spiro atoms. The lowest BCUT2D eigenvalue weighted by Crippen LogP contribution is -2.47. The highest BCUT2D eigenvalue weighted by atomic mass is 16.3. The van der Waals surface area contributed by atoms with Crippen LogP contribution in [0.3, 0.4) is 0 Å². The van der Waals surface area contributed by atoms with Crippen molar-refractivity contribution in [3.8, 4) is 11.1 Å². The van der Waals surface area contributed by atoms with E-state index >= 15 is 0 Å². The largest absolute Gasteiger partial charge is 0.452 e. The first-order valence-corrected chi connectivity index (χ1v) is 10.2. The van der Waals surface area contributed by atoms with Gasteiger partial charge in [0.1, 0.15) is 5.58 Å². The van der Waals surface area contributed by atoms with Crippen LogP contribution in [0.2, 0.25) is 0 Å². The van der Waals surface area contributed by atoms with Crippen molar-refractivity contribution < 1.29 is 14.3 Å². The van der Waals surface area contributed by atoms with Crippen LogP contribution in [0.4, 0.5) is 0 Å². The Bertz CT molecular complexity index is 1010. The van der Waals surface area contributed by atoms with Crippen molar-refractivity contribution >= 4 is 16.8 Å². The Kier molecular flexibility index (Phi) is 4.53. The van der Waals surface area contributed by atoms with Gasteiger partial charge in [0, 0.05) is 23.9 Å². The van der Waals surface area contributed by atoms with Gasteiger partial charge in [-0.2, -0.15) is 0 Å². The molecule has 6 rings (SSSR count). The van der Waals surface area contributed by atoms with Gasteiger partial charge in [-0.05, 0) is 55.0 Å². The number of rotatable bonds is 5. The van der Waals surface area contributed by atoms with E-state index in [0.29, 0.717) is 24.0 Å². The van der Waals surface area contributed by atoms with Gasteiger partial charge in [0.2, 0.25) is 0 Å². The smallest absolute Gasteiger partial charge is 0.198 e. The quantitative estimate of drug-likeness (QED) is 0.667. The number of nitrogens with zero attached hydrogens (tertiary/aromatic N) is 1. The topological polar surface area (TPSA) is 53.7 Å². The monoisotopic (exact) mass is 375 g/mol. The molecule has 3 aliphatic rings. The Hall–Kier alpha value is -2.43. The summed E-state index contributed by atoms with van der Waals surface area (Å²) in [5.74, 6) is 1.71. The van der Waals surface area contributed by atoms with Crippen LogP contribution in [-0.2, 0) is 6.61 Å². The van der Waals surface area contributed by atoms with Crippen LogP contribution in [0.15, 0.2) is 52.9 Å². The molecule has 144 valence electrons. The van der Waals surface area contributed by atoms with Crippen LogP contribution >= 0.6 is 0 Å². The van der Waals surface area contributed by atoms with E-state index in [1.807, 2.05) is 48.5 Å². The number of hydrogen-bond acceptors (Lipinski definition) is 4. The van der Waals surface area contributed by atoms with Gasteiger partial charge in [0.05, 0.1) is 6.61 Å². The van der Waals surface area contributed by atoms with Gasteiger partial charge in [-0.3, -0.25) is 4.79 Å². The number of aliphatic hydroxyl groups is 1. The molecule has 1 atom stereocenters. The molecule has 3 fully saturated rings. The van der Waals surface area contributed by atoms with Crippen molar-refractivity contribution in [2.24, 2.45) is 11.8 Å². The summed E-state index contributed by atoms with van der Waals surface area (Å²) in [6.45, 7) is 3.39. The summed E-state index contributed by atoms with van der Waals surface area (Å²) in [4.78, 5) is 15.5. The predicted octanol–water partition coefficient (Wildman–Crippen LogP) is 4.51. The van der Waals surface area contributed by atoms with Gasteiger partial charge in [-0.25, -0.2) is 0 Å². The minimum atomic E-state index is -0.0291. The van der Waals surface area contributed by atoms with Crippen molar-refractivity contribution in [2.45, 2.75) is 25.9 Å². The SMILES string of the molecule is O=C(C[C@@H]1CN2CCC1CC2)c1cc2cccc(-c3ccccc3CO)c2o1. The predicted molar refractivity (Wildman–Crippen MR) is 109 cm³/mol. The summed E-state index contributed by atoms with van der Waals surface area (Å²) in [5.41, 5.74) is 3.44. The van der Waals surface area contributed by atoms with Crippen LogP contribution in [0.1, 0.15) is 35.4 Å². The van der Waals surface area contributed by atoms with Gasteiger partial charge < -0.3 is 14.4 Å². The Labute approximate surface area is 164 Å². The van der Waals surface area contributed by atoms with E-state index in [1.54, 1.807) is 0 Å². The van der Waals surface area contributed by atoms with E-state index in [1.165, 1.54) is 25.9 Å². The first kappa shape index (κ1) is 17.7. The number of fused-ring (bicyclic) bond motifs is 4. The van der Waals surface area contributed by atoms with Crippen molar-refractivity contribution in [2.75, 3.05) is 19.6 Å². The first-order chi connectivity index (χ1) is 13.7. The summed E-state index contributed by atoms with van der Waals surface area (Å²) in [6.07, 6.45) is 3.02. The molecule has 4 nitrogen and oxygen atoms in total. The highest BCUT2D eigenvalue weighted by molar-refractivity contribution is 6.01. The number of benzene rings is 2. The molecular formula is C24H25NO3. The zero-order chi connectivity index (χ0) is 19.1. The van der Waals surface area contributed by atoms with Crippen LogP contribution in [0.5, 0.6) is 0 Å². The highest BCUT2D eigenvalue weighted by Crippen LogP contribution is 2.37. The second-order valence-corrected chi connectivity index (χ2v) is 8.18. The van der Waals surface area contributed by atoms with E-state index in [-0.39, 0.29) is 12.4 Å². The van der Waals surface area contributed by atoms with Gasteiger partial charge in [0.15, 0.2) is 11.5 Å². The van der Waals surface area contributed by atoms with Crippen molar-refractivity contribution in [3.05, 3.63) is 59.9 Å². The first-order valence-electron chi connectivity index (χ1n) is 10.2. The summed E-state index contributed by atoms with van der Waals surface area (Å²) >= 11 is 0. The van der Waals surface area contributed by atoms with E-state index in [0.717, 1.165) is 34.2 Å². The number of carbonyl (C=O) groups excluding carboxylic acids is 1. The van der Waals surface area contributed by atoms with Crippen molar-refractivity contribution in [3.63, 3.8) is 0 Å². The molecule has 0 amide bonds. The zero-order valence-corrected chi connectivity index (χ0v) is 15.9. The number of ketones is 1. The maximum atomic E-state index is 13.0. The van der Waals surface area contributed by atoms with Crippen LogP contribution < -0.4 is 0 Å². The minimum Gasteiger partial charge on any atom is -0.452 e. The molecule has 0 unspecified atom stereocenters. The number of para-hydroxylation sites is 1. The van der Waals surface area contributed by atoms with Crippen LogP contribution in [0.25, 0.3) is 22.1 Å². The number of aliphatic hydroxyl groups excluding tert-OH is 1. The Balaban J connectivity index is 1.46. The van der Waals surface area contributed by atoms with E-state index in [4.69, 9.17) is 4.42 Å². The summed E-state index contributed by atoms with van der Waals surface area (Å²) < 4.78 is 6.09. The van der Waals surface area contributed by atoms with Crippen molar-refractivity contribution in [1.29, 1.82) is 0 Å². The molecule has 3 aliphatic heterocycles. The highest BCUT2D eigenvalue weighted by Gasteiger charge is 2.35. The number of carbonyl (C=O) groups is 1. The van der Waals surface area contributed by atoms with Gasteiger partial charge in [-0.1, -0.05) is 42.5 Å². The van der Waals surface area contributed by atoms with E-state index in [9.17, 15) is 9.90 Å². The average Bonchev–Trinajstić information content (AvgIpc) is 3.19. The van der Waals surface area contributed by atoms with Crippen molar-refractivity contribution in [1.82, 2.24) is 4.90 Å². The third kappa shape index (κ3) is 3.07. The van der Waals surface area contributed by atoms with E-state index < -0.39 is 0 Å². The van der Waals surface area contributed by atoms with Gasteiger partial charge in [-0.15, -0.1) is 0 Å². The number of hydrogen-bond donors (Lipinski definition) is 1. The lowest BCUT2D eigenvalue weighted by atomic mass is 9.76.